The summed E-state index contributed by atoms with van der Waals surface area (Å²) in [6.07, 6.45) is 9.57. The maximum atomic E-state index is 13.1. The Morgan fingerprint density at radius 1 is 1.17 bits per heavy atom. The van der Waals surface area contributed by atoms with Crippen molar-refractivity contribution >= 4 is 11.8 Å². The molecule has 0 aromatic carbocycles. The molecule has 4 aliphatic rings. The molecule has 1 heterocycles. The third-order valence-corrected chi connectivity index (χ3v) is 6.19. The average Bonchev–Trinajstić information content (AvgIpc) is 2.51. The molecule has 0 spiro atoms. The fraction of sp³-hybridized carbons (Fsp3) is 0.632. The van der Waals surface area contributed by atoms with Gasteiger partial charge in [-0.1, -0.05) is 0 Å². The lowest BCUT2D eigenvalue weighted by Crippen LogP contribution is -2.65. The Bertz CT molecular complexity index is 644. The lowest BCUT2D eigenvalue weighted by molar-refractivity contribution is -0.153. The van der Waals surface area contributed by atoms with Crippen molar-refractivity contribution in [3.8, 4) is 0 Å². The maximum Gasteiger partial charge on any atom is 0.226 e. The van der Waals surface area contributed by atoms with Gasteiger partial charge in [-0.05, 0) is 68.1 Å². The van der Waals surface area contributed by atoms with Crippen molar-refractivity contribution in [1.82, 2.24) is 15.6 Å². The molecule has 5 nitrogen and oxygen atoms in total. The van der Waals surface area contributed by atoms with E-state index in [1.165, 1.54) is 6.42 Å². The van der Waals surface area contributed by atoms with Crippen LogP contribution in [0.5, 0.6) is 0 Å². The van der Waals surface area contributed by atoms with Crippen molar-refractivity contribution in [2.45, 2.75) is 57.5 Å². The third kappa shape index (κ3) is 2.70. The number of nitrogens with one attached hydrogen (secondary N) is 2. The highest BCUT2D eigenvalue weighted by molar-refractivity contribution is 5.84. The molecule has 0 aliphatic heterocycles. The summed E-state index contributed by atoms with van der Waals surface area (Å²) in [6.45, 7) is 2.14. The second-order valence-corrected chi connectivity index (χ2v) is 8.24. The molecule has 2 N–H and O–H groups in total. The van der Waals surface area contributed by atoms with Crippen LogP contribution in [0.2, 0.25) is 0 Å². The molecule has 0 unspecified atom stereocenters. The quantitative estimate of drug-likeness (QED) is 0.890. The van der Waals surface area contributed by atoms with Crippen LogP contribution < -0.4 is 10.6 Å². The van der Waals surface area contributed by atoms with Crippen LogP contribution in [0.3, 0.4) is 0 Å². The number of rotatable bonds is 4. The van der Waals surface area contributed by atoms with Gasteiger partial charge in [0.2, 0.25) is 11.8 Å². The molecule has 1 aromatic rings. The van der Waals surface area contributed by atoms with E-state index in [0.29, 0.717) is 18.4 Å². The van der Waals surface area contributed by atoms with Gasteiger partial charge in [-0.15, -0.1) is 0 Å². The summed E-state index contributed by atoms with van der Waals surface area (Å²) >= 11 is 0. The molecule has 4 aliphatic carbocycles. The molecule has 2 atom stereocenters. The Labute approximate surface area is 142 Å². The lowest BCUT2D eigenvalue weighted by Gasteiger charge is -2.61. The fourth-order valence-corrected chi connectivity index (χ4v) is 5.92. The summed E-state index contributed by atoms with van der Waals surface area (Å²) in [6, 6.07) is 3.86. The number of carbonyl (C=O) groups is 2. The van der Waals surface area contributed by atoms with Crippen LogP contribution in [-0.4, -0.2) is 22.3 Å². The van der Waals surface area contributed by atoms with E-state index in [4.69, 9.17) is 0 Å². The Morgan fingerprint density at radius 2 is 1.83 bits per heavy atom. The normalized spacial score (nSPS) is 36.4. The number of amides is 2. The van der Waals surface area contributed by atoms with Gasteiger partial charge in [0.15, 0.2) is 0 Å². The van der Waals surface area contributed by atoms with Crippen molar-refractivity contribution in [3.63, 3.8) is 0 Å². The summed E-state index contributed by atoms with van der Waals surface area (Å²) in [5, 5.41) is 6.36. The van der Waals surface area contributed by atoms with Gasteiger partial charge in [0, 0.05) is 31.4 Å². The maximum absolute atomic E-state index is 13.1. The molecule has 5 heteroatoms. The number of pyridine rings is 1. The molecule has 24 heavy (non-hydrogen) atoms. The van der Waals surface area contributed by atoms with Gasteiger partial charge in [-0.2, -0.15) is 0 Å². The summed E-state index contributed by atoms with van der Waals surface area (Å²) in [7, 11) is 0. The number of nitrogens with zero attached hydrogens (tertiary/aromatic N) is 1. The first-order valence-electron chi connectivity index (χ1n) is 8.95. The monoisotopic (exact) mass is 327 g/mol. The summed E-state index contributed by atoms with van der Waals surface area (Å²) in [5.41, 5.74) is 0.628. The Hall–Kier alpha value is -1.91. The van der Waals surface area contributed by atoms with Crippen LogP contribution in [0.4, 0.5) is 0 Å². The van der Waals surface area contributed by atoms with Gasteiger partial charge in [-0.25, -0.2) is 0 Å². The van der Waals surface area contributed by atoms with E-state index in [2.05, 4.69) is 15.6 Å². The predicted octanol–water partition coefficient (Wildman–Crippen LogP) is 2.17. The summed E-state index contributed by atoms with van der Waals surface area (Å²) < 4.78 is 0. The number of carbonyl (C=O) groups excluding carboxylic acids is 2. The van der Waals surface area contributed by atoms with Crippen molar-refractivity contribution in [2.75, 3.05) is 0 Å². The lowest BCUT2D eigenvalue weighted by atomic mass is 9.46. The van der Waals surface area contributed by atoms with Crippen molar-refractivity contribution < 1.29 is 9.59 Å². The van der Waals surface area contributed by atoms with E-state index in [0.717, 1.165) is 37.7 Å². The van der Waals surface area contributed by atoms with Crippen LogP contribution in [0.1, 0.15) is 51.0 Å². The molecule has 4 saturated carbocycles. The number of hydrogen-bond acceptors (Lipinski definition) is 3. The molecule has 1 aromatic heterocycles. The van der Waals surface area contributed by atoms with E-state index in [1.54, 1.807) is 19.3 Å². The molecular formula is C19H25N3O2. The minimum Gasteiger partial charge on any atom is -0.352 e. The van der Waals surface area contributed by atoms with Crippen LogP contribution in [0.15, 0.2) is 24.5 Å². The highest BCUT2D eigenvalue weighted by atomic mass is 16.2. The minimum atomic E-state index is -0.292. The zero-order valence-electron chi connectivity index (χ0n) is 14.2. The summed E-state index contributed by atoms with van der Waals surface area (Å²) in [5.74, 6) is 1.35. The third-order valence-electron chi connectivity index (χ3n) is 6.19. The van der Waals surface area contributed by atoms with Crippen molar-refractivity contribution in [3.05, 3.63) is 30.1 Å². The van der Waals surface area contributed by atoms with Crippen LogP contribution in [-0.2, 0) is 16.1 Å². The first kappa shape index (κ1) is 15.6. The Balaban J connectivity index is 1.51. The van der Waals surface area contributed by atoms with Gasteiger partial charge in [0.1, 0.15) is 0 Å². The van der Waals surface area contributed by atoms with Gasteiger partial charge >= 0.3 is 0 Å². The average molecular weight is 327 g/mol. The van der Waals surface area contributed by atoms with Gasteiger partial charge < -0.3 is 10.6 Å². The first-order chi connectivity index (χ1) is 11.5. The first-order valence-corrected chi connectivity index (χ1v) is 8.95. The standard InChI is InChI=1S/C19H25N3O2/c1-13(23)22-19-9-15-6-16(10-19)8-18(7-15,12-19)17(24)21-11-14-2-4-20-5-3-14/h2-5,15-16H,6-12H2,1H3,(H,21,24)(H,22,23)/t15-,16-,18?,19?/m0/s1. The molecule has 0 saturated heterocycles. The minimum absolute atomic E-state index is 0.0318. The largest absolute Gasteiger partial charge is 0.352 e. The fourth-order valence-electron chi connectivity index (χ4n) is 5.92. The van der Waals surface area contributed by atoms with E-state index in [1.807, 2.05) is 12.1 Å². The van der Waals surface area contributed by atoms with Gasteiger partial charge in [0.25, 0.3) is 0 Å². The molecule has 128 valence electrons. The number of aromatic nitrogens is 1. The van der Waals surface area contributed by atoms with Crippen molar-refractivity contribution in [1.29, 1.82) is 0 Å². The smallest absolute Gasteiger partial charge is 0.226 e. The van der Waals surface area contributed by atoms with E-state index in [-0.39, 0.29) is 22.8 Å². The molecule has 0 radical (unpaired) electrons. The number of hydrogen-bond donors (Lipinski definition) is 2. The predicted molar refractivity (Wildman–Crippen MR) is 89.7 cm³/mol. The Morgan fingerprint density at radius 3 is 2.46 bits per heavy atom. The topological polar surface area (TPSA) is 71.1 Å². The van der Waals surface area contributed by atoms with Crippen LogP contribution in [0.25, 0.3) is 0 Å². The second kappa shape index (κ2) is 5.57. The molecular weight excluding hydrogens is 302 g/mol. The van der Waals surface area contributed by atoms with E-state index < -0.39 is 0 Å². The SMILES string of the molecule is CC(=O)NC12C[C@H]3C[C@H](C1)CC(C(=O)NCc1ccncc1)(C3)C2. The molecule has 5 rings (SSSR count). The van der Waals surface area contributed by atoms with Crippen molar-refractivity contribution in [2.24, 2.45) is 17.3 Å². The van der Waals surface area contributed by atoms with Crippen LogP contribution >= 0.6 is 0 Å². The zero-order chi connectivity index (χ0) is 16.8. The highest BCUT2D eigenvalue weighted by Crippen LogP contribution is 2.61. The zero-order valence-corrected chi connectivity index (χ0v) is 14.2. The van der Waals surface area contributed by atoms with E-state index in [9.17, 15) is 9.59 Å². The van der Waals surface area contributed by atoms with Gasteiger partial charge in [-0.3, -0.25) is 14.6 Å². The molecule has 2 amide bonds. The highest BCUT2D eigenvalue weighted by Gasteiger charge is 2.60. The van der Waals surface area contributed by atoms with E-state index >= 15 is 0 Å². The Kier molecular flexibility index (Phi) is 3.62. The van der Waals surface area contributed by atoms with Crippen LogP contribution in [0, 0.1) is 17.3 Å². The molecule has 4 bridgehead atoms. The van der Waals surface area contributed by atoms with Gasteiger partial charge in [0.05, 0.1) is 5.41 Å². The second-order valence-electron chi connectivity index (χ2n) is 8.24. The summed E-state index contributed by atoms with van der Waals surface area (Å²) in [4.78, 5) is 28.8. The molecule has 4 fully saturated rings.